The normalized spacial score (nSPS) is 18.8. The number of rotatable bonds is 4. The zero-order valence-electron chi connectivity index (χ0n) is 16.9. The number of nitrogens with zero attached hydrogens (tertiary/aromatic N) is 3. The first-order valence-electron chi connectivity index (χ1n) is 10.0. The molecular weight excluding hydrogens is 362 g/mol. The summed E-state index contributed by atoms with van der Waals surface area (Å²) in [4.78, 5) is 14.7. The maximum Gasteiger partial charge on any atom is 0.322 e. The fraction of sp³-hybridized carbons (Fsp3) is 0.304. The van der Waals surface area contributed by atoms with Gasteiger partial charge in [0, 0.05) is 13.1 Å². The van der Waals surface area contributed by atoms with Crippen LogP contribution in [0.4, 0.5) is 10.5 Å². The lowest BCUT2D eigenvalue weighted by molar-refractivity contribution is 0.219. The van der Waals surface area contributed by atoms with Crippen molar-refractivity contribution in [3.63, 3.8) is 0 Å². The van der Waals surface area contributed by atoms with E-state index in [4.69, 9.17) is 5.73 Å². The number of para-hydroxylation sites is 1. The van der Waals surface area contributed by atoms with Crippen LogP contribution in [0.5, 0.6) is 0 Å². The lowest BCUT2D eigenvalue weighted by atomic mass is 9.90. The van der Waals surface area contributed by atoms with Crippen molar-refractivity contribution in [2.75, 3.05) is 18.4 Å². The van der Waals surface area contributed by atoms with Crippen LogP contribution in [0.1, 0.15) is 30.2 Å². The van der Waals surface area contributed by atoms with Crippen LogP contribution >= 0.6 is 0 Å². The summed E-state index contributed by atoms with van der Waals surface area (Å²) in [6.45, 7) is 5.25. The van der Waals surface area contributed by atoms with Gasteiger partial charge in [-0.15, -0.1) is 0 Å². The number of nitrogens with two attached hydrogens (primary N) is 1. The van der Waals surface area contributed by atoms with E-state index in [1.807, 2.05) is 53.2 Å². The monoisotopic (exact) mass is 389 g/mol. The lowest BCUT2D eigenvalue weighted by Crippen LogP contribution is -2.42. The average molecular weight is 390 g/mol. The third-order valence-electron chi connectivity index (χ3n) is 5.73. The molecule has 1 unspecified atom stereocenters. The number of anilines is 1. The smallest absolute Gasteiger partial charge is 0.322 e. The van der Waals surface area contributed by atoms with Crippen molar-refractivity contribution in [2.45, 2.75) is 32.2 Å². The number of likely N-dealkylation sites (tertiary alicyclic amines) is 1. The summed E-state index contributed by atoms with van der Waals surface area (Å²) >= 11 is 0. The molecule has 0 bridgehead atoms. The first-order chi connectivity index (χ1) is 14.0. The minimum Gasteiger partial charge on any atom is -0.322 e. The highest BCUT2D eigenvalue weighted by atomic mass is 16.2. The first-order valence-corrected chi connectivity index (χ1v) is 10.0. The molecular formula is C23H27N5O. The van der Waals surface area contributed by atoms with E-state index in [1.54, 1.807) is 11.1 Å². The Balaban J connectivity index is 1.52. The molecule has 3 aromatic rings. The second-order valence-corrected chi connectivity index (χ2v) is 7.68. The van der Waals surface area contributed by atoms with Crippen LogP contribution in [0.2, 0.25) is 0 Å². The second-order valence-electron chi connectivity index (χ2n) is 7.68. The third-order valence-corrected chi connectivity index (χ3v) is 5.73. The molecule has 6 nitrogen and oxygen atoms in total. The van der Waals surface area contributed by atoms with Gasteiger partial charge in [0.25, 0.3) is 0 Å². The van der Waals surface area contributed by atoms with Gasteiger partial charge >= 0.3 is 6.03 Å². The molecule has 150 valence electrons. The molecule has 0 aliphatic carbocycles. The summed E-state index contributed by atoms with van der Waals surface area (Å²) in [7, 11) is 0. The van der Waals surface area contributed by atoms with Crippen LogP contribution in [0.3, 0.4) is 0 Å². The van der Waals surface area contributed by atoms with E-state index < -0.39 is 5.54 Å². The molecule has 6 heteroatoms. The Bertz CT molecular complexity index is 1010. The molecule has 4 rings (SSSR count). The molecule has 29 heavy (non-hydrogen) atoms. The van der Waals surface area contributed by atoms with Crippen LogP contribution in [-0.4, -0.2) is 33.8 Å². The van der Waals surface area contributed by atoms with Crippen LogP contribution in [-0.2, 0) is 12.0 Å². The van der Waals surface area contributed by atoms with Crippen molar-refractivity contribution in [1.82, 2.24) is 14.7 Å². The van der Waals surface area contributed by atoms with Gasteiger partial charge in [0.05, 0.1) is 28.8 Å². The number of aromatic nitrogens is 2. The number of carbonyl (C=O) groups is 1. The van der Waals surface area contributed by atoms with E-state index in [0.29, 0.717) is 13.1 Å². The molecule has 0 saturated carbocycles. The van der Waals surface area contributed by atoms with Gasteiger partial charge in [-0.05, 0) is 37.0 Å². The Hall–Kier alpha value is -3.12. The topological polar surface area (TPSA) is 76.2 Å². The highest BCUT2D eigenvalue weighted by Crippen LogP contribution is 2.30. The van der Waals surface area contributed by atoms with Gasteiger partial charge in [-0.3, -0.25) is 0 Å². The lowest BCUT2D eigenvalue weighted by Gasteiger charge is -2.25. The van der Waals surface area contributed by atoms with Crippen molar-refractivity contribution in [3.8, 4) is 5.69 Å². The van der Waals surface area contributed by atoms with Crippen LogP contribution in [0.25, 0.3) is 5.69 Å². The van der Waals surface area contributed by atoms with Gasteiger partial charge in [0.2, 0.25) is 0 Å². The van der Waals surface area contributed by atoms with Gasteiger partial charge in [-0.25, -0.2) is 9.48 Å². The predicted octanol–water partition coefficient (Wildman–Crippen LogP) is 3.83. The first kappa shape index (κ1) is 19.2. The third kappa shape index (κ3) is 3.63. The van der Waals surface area contributed by atoms with E-state index in [0.717, 1.165) is 41.0 Å². The molecule has 1 aliphatic heterocycles. The van der Waals surface area contributed by atoms with E-state index in [-0.39, 0.29) is 6.03 Å². The minimum absolute atomic E-state index is 0.132. The maximum atomic E-state index is 12.9. The number of aryl methyl sites for hydroxylation is 1. The minimum atomic E-state index is -0.502. The quantitative estimate of drug-likeness (QED) is 0.712. The van der Waals surface area contributed by atoms with Crippen molar-refractivity contribution < 1.29 is 4.79 Å². The molecule has 1 saturated heterocycles. The molecule has 1 atom stereocenters. The maximum absolute atomic E-state index is 12.9. The SMILES string of the molecule is CCc1c(NC(=O)N2CCC(N)(c3ccccc3)C2)cnn1-c1ccccc1C. The number of nitrogens with one attached hydrogen (secondary N) is 1. The van der Waals surface area contributed by atoms with E-state index in [1.165, 1.54) is 0 Å². The molecule has 3 N–H and O–H groups in total. The van der Waals surface area contributed by atoms with Crippen molar-refractivity contribution in [1.29, 1.82) is 0 Å². The highest BCUT2D eigenvalue weighted by molar-refractivity contribution is 5.90. The second kappa shape index (κ2) is 7.72. The summed E-state index contributed by atoms with van der Waals surface area (Å²) in [5.41, 5.74) is 11.1. The number of urea groups is 1. The Labute approximate surface area is 171 Å². The van der Waals surface area contributed by atoms with Gasteiger partial charge in [-0.1, -0.05) is 55.5 Å². The van der Waals surface area contributed by atoms with Crippen LogP contribution in [0.15, 0.2) is 60.8 Å². The summed E-state index contributed by atoms with van der Waals surface area (Å²) in [6, 6.07) is 18.0. The summed E-state index contributed by atoms with van der Waals surface area (Å²) < 4.78 is 1.91. The standard InChI is InChI=1S/C23H27N5O/c1-3-20-19(15-25-28(20)21-12-8-7-9-17(21)2)26-22(29)27-14-13-23(24,16-27)18-10-5-4-6-11-18/h4-12,15H,3,13-14,16,24H2,1-2H3,(H,26,29). The molecule has 1 aromatic heterocycles. The van der Waals surface area contributed by atoms with Crippen LogP contribution < -0.4 is 11.1 Å². The van der Waals surface area contributed by atoms with E-state index in [2.05, 4.69) is 30.3 Å². The van der Waals surface area contributed by atoms with Gasteiger partial charge < -0.3 is 16.0 Å². The number of hydrogen-bond donors (Lipinski definition) is 2. The average Bonchev–Trinajstić information content (AvgIpc) is 3.33. The Morgan fingerprint density at radius 2 is 1.90 bits per heavy atom. The largest absolute Gasteiger partial charge is 0.322 e. The summed E-state index contributed by atoms with van der Waals surface area (Å²) in [5, 5.41) is 7.58. The van der Waals surface area contributed by atoms with E-state index >= 15 is 0 Å². The number of hydrogen-bond acceptors (Lipinski definition) is 3. The molecule has 2 aromatic carbocycles. The molecule has 2 heterocycles. The Morgan fingerprint density at radius 3 is 2.62 bits per heavy atom. The molecule has 2 amide bonds. The van der Waals surface area contributed by atoms with Gasteiger partial charge in [-0.2, -0.15) is 5.10 Å². The highest BCUT2D eigenvalue weighted by Gasteiger charge is 2.38. The fourth-order valence-corrected chi connectivity index (χ4v) is 4.03. The summed E-state index contributed by atoms with van der Waals surface area (Å²) in [6.07, 6.45) is 3.23. The molecule has 0 radical (unpaired) electrons. The molecule has 1 aliphatic rings. The van der Waals surface area contributed by atoms with E-state index in [9.17, 15) is 4.79 Å². The van der Waals surface area contributed by atoms with Crippen molar-refractivity contribution >= 4 is 11.7 Å². The van der Waals surface area contributed by atoms with Crippen LogP contribution in [0, 0.1) is 6.92 Å². The Morgan fingerprint density at radius 1 is 1.17 bits per heavy atom. The van der Waals surface area contributed by atoms with Crippen molar-refractivity contribution in [2.24, 2.45) is 5.73 Å². The fourth-order valence-electron chi connectivity index (χ4n) is 4.03. The summed E-state index contributed by atoms with van der Waals surface area (Å²) in [5.74, 6) is 0. The number of benzene rings is 2. The Kier molecular flexibility index (Phi) is 5.11. The molecule has 0 spiro atoms. The zero-order chi connectivity index (χ0) is 20.4. The molecule has 1 fully saturated rings. The van der Waals surface area contributed by atoms with Crippen molar-refractivity contribution in [3.05, 3.63) is 77.6 Å². The predicted molar refractivity (Wildman–Crippen MR) is 115 cm³/mol. The van der Waals surface area contributed by atoms with Gasteiger partial charge in [0.1, 0.15) is 0 Å². The number of carbonyl (C=O) groups excluding carboxylic acids is 1. The number of amides is 2. The van der Waals surface area contributed by atoms with Gasteiger partial charge in [0.15, 0.2) is 0 Å². The zero-order valence-corrected chi connectivity index (χ0v) is 16.9.